The van der Waals surface area contributed by atoms with E-state index in [9.17, 15) is 13.2 Å². The molecule has 0 aromatic heterocycles. The van der Waals surface area contributed by atoms with E-state index in [0.717, 1.165) is 5.56 Å². The van der Waals surface area contributed by atoms with Crippen LogP contribution in [0.2, 0.25) is 5.02 Å². The molecule has 1 aliphatic rings. The van der Waals surface area contributed by atoms with Gasteiger partial charge in [-0.25, -0.2) is 13.2 Å². The van der Waals surface area contributed by atoms with Crippen molar-refractivity contribution in [1.29, 1.82) is 0 Å². The minimum absolute atomic E-state index is 0.0382. The van der Waals surface area contributed by atoms with Crippen molar-refractivity contribution in [3.05, 3.63) is 28.8 Å². The number of nitrogens with zero attached hydrogens (tertiary/aromatic N) is 1. The van der Waals surface area contributed by atoms with Crippen molar-refractivity contribution in [3.63, 3.8) is 0 Å². The fraction of sp³-hybridized carbons (Fsp3) is 0.462. The Labute approximate surface area is 123 Å². The number of aryl methyl sites for hydroxylation is 1. The summed E-state index contributed by atoms with van der Waals surface area (Å²) in [6.07, 6.45) is 0.492. The zero-order valence-electron chi connectivity index (χ0n) is 11.4. The van der Waals surface area contributed by atoms with Gasteiger partial charge in [-0.05, 0) is 37.1 Å². The molecule has 2 rings (SSSR count). The normalized spacial score (nSPS) is 20.6. The molecule has 1 fully saturated rings. The third-order valence-corrected chi connectivity index (χ3v) is 5.49. The maximum absolute atomic E-state index is 12.1. The number of hydrogen-bond donors (Lipinski definition) is 1. The van der Waals surface area contributed by atoms with Crippen LogP contribution in [0.1, 0.15) is 12.0 Å². The lowest BCUT2D eigenvalue weighted by molar-refractivity contribution is 0.209. The fourth-order valence-electron chi connectivity index (χ4n) is 2.22. The third kappa shape index (κ3) is 3.43. The number of carbonyl (C=O) groups is 1. The molecule has 7 heteroatoms. The predicted octanol–water partition coefficient (Wildman–Crippen LogP) is 2.30. The topological polar surface area (TPSA) is 66.5 Å². The van der Waals surface area contributed by atoms with E-state index in [0.29, 0.717) is 17.1 Å². The van der Waals surface area contributed by atoms with Crippen LogP contribution in [-0.2, 0) is 9.84 Å². The van der Waals surface area contributed by atoms with Gasteiger partial charge in [0.1, 0.15) is 0 Å². The first kappa shape index (κ1) is 15.1. The Morgan fingerprint density at radius 1 is 1.45 bits per heavy atom. The molecule has 0 saturated carbocycles. The molecule has 20 heavy (non-hydrogen) atoms. The van der Waals surface area contributed by atoms with Gasteiger partial charge in [0.25, 0.3) is 0 Å². The Bertz CT molecular complexity index is 631. The summed E-state index contributed by atoms with van der Waals surface area (Å²) >= 11 is 5.86. The molecule has 5 nitrogen and oxygen atoms in total. The number of urea groups is 1. The monoisotopic (exact) mass is 316 g/mol. The predicted molar refractivity (Wildman–Crippen MR) is 80.0 cm³/mol. The molecule has 0 radical (unpaired) electrons. The molecular weight excluding hydrogens is 300 g/mol. The summed E-state index contributed by atoms with van der Waals surface area (Å²) in [5.41, 5.74) is 1.53. The summed E-state index contributed by atoms with van der Waals surface area (Å²) in [6, 6.07) is 4.63. The van der Waals surface area contributed by atoms with Crippen LogP contribution >= 0.6 is 11.6 Å². The molecule has 1 saturated heterocycles. The number of benzene rings is 1. The number of rotatable bonds is 2. The fourth-order valence-corrected chi connectivity index (χ4v) is 4.22. The van der Waals surface area contributed by atoms with E-state index in [1.807, 2.05) is 6.92 Å². The average molecular weight is 317 g/mol. The van der Waals surface area contributed by atoms with Gasteiger partial charge in [-0.1, -0.05) is 11.6 Å². The Balaban J connectivity index is 2.05. The van der Waals surface area contributed by atoms with Crippen LogP contribution in [0.25, 0.3) is 0 Å². The Kier molecular flexibility index (Phi) is 4.25. The summed E-state index contributed by atoms with van der Waals surface area (Å²) in [5.74, 6) is 0.186. The number of anilines is 1. The SMILES string of the molecule is Cc1cc(Cl)ccc1NC(=O)N(C)C1CCS(=O)(=O)C1. The van der Waals surface area contributed by atoms with E-state index in [-0.39, 0.29) is 23.6 Å². The summed E-state index contributed by atoms with van der Waals surface area (Å²) in [4.78, 5) is 13.6. The maximum atomic E-state index is 12.1. The van der Waals surface area contributed by atoms with Crippen molar-refractivity contribution in [3.8, 4) is 0 Å². The Morgan fingerprint density at radius 3 is 2.70 bits per heavy atom. The van der Waals surface area contributed by atoms with E-state index < -0.39 is 9.84 Å². The second-order valence-electron chi connectivity index (χ2n) is 5.06. The van der Waals surface area contributed by atoms with Crippen molar-refractivity contribution < 1.29 is 13.2 Å². The van der Waals surface area contributed by atoms with E-state index in [2.05, 4.69) is 5.32 Å². The first-order chi connectivity index (χ1) is 9.28. The highest BCUT2D eigenvalue weighted by molar-refractivity contribution is 7.91. The van der Waals surface area contributed by atoms with Crippen LogP contribution in [0.15, 0.2) is 18.2 Å². The van der Waals surface area contributed by atoms with Crippen molar-refractivity contribution in [2.24, 2.45) is 0 Å². The Hall–Kier alpha value is -1.27. The first-order valence-corrected chi connectivity index (χ1v) is 8.49. The average Bonchev–Trinajstić information content (AvgIpc) is 2.72. The molecule has 2 amide bonds. The molecule has 0 spiro atoms. The van der Waals surface area contributed by atoms with Crippen molar-refractivity contribution in [2.45, 2.75) is 19.4 Å². The van der Waals surface area contributed by atoms with Crippen LogP contribution in [0.5, 0.6) is 0 Å². The molecule has 0 aliphatic carbocycles. The van der Waals surface area contributed by atoms with Crippen molar-refractivity contribution in [2.75, 3.05) is 23.9 Å². The molecule has 1 aromatic rings. The van der Waals surface area contributed by atoms with Crippen LogP contribution in [0.4, 0.5) is 10.5 Å². The third-order valence-electron chi connectivity index (χ3n) is 3.51. The molecular formula is C13H17ClN2O3S. The largest absolute Gasteiger partial charge is 0.324 e. The number of amides is 2. The van der Waals surface area contributed by atoms with Gasteiger partial charge in [0.2, 0.25) is 0 Å². The summed E-state index contributed by atoms with van der Waals surface area (Å²) in [6.45, 7) is 1.85. The van der Waals surface area contributed by atoms with Crippen molar-refractivity contribution in [1.82, 2.24) is 4.90 Å². The van der Waals surface area contributed by atoms with Gasteiger partial charge in [-0.15, -0.1) is 0 Å². The molecule has 1 heterocycles. The lowest BCUT2D eigenvalue weighted by Gasteiger charge is -2.24. The van der Waals surface area contributed by atoms with E-state index in [1.165, 1.54) is 4.90 Å². The van der Waals surface area contributed by atoms with Gasteiger partial charge in [-0.2, -0.15) is 0 Å². The maximum Gasteiger partial charge on any atom is 0.321 e. The highest BCUT2D eigenvalue weighted by atomic mass is 35.5. The van der Waals surface area contributed by atoms with E-state index in [1.54, 1.807) is 25.2 Å². The smallest absolute Gasteiger partial charge is 0.321 e. The highest BCUT2D eigenvalue weighted by Gasteiger charge is 2.32. The van der Waals surface area contributed by atoms with Gasteiger partial charge < -0.3 is 10.2 Å². The van der Waals surface area contributed by atoms with Crippen molar-refractivity contribution >= 4 is 33.2 Å². The number of carbonyl (C=O) groups excluding carboxylic acids is 1. The second-order valence-corrected chi connectivity index (χ2v) is 7.72. The summed E-state index contributed by atoms with van der Waals surface area (Å²) in [5, 5.41) is 3.38. The molecule has 1 unspecified atom stereocenters. The molecule has 1 N–H and O–H groups in total. The summed E-state index contributed by atoms with van der Waals surface area (Å²) < 4.78 is 22.9. The summed E-state index contributed by atoms with van der Waals surface area (Å²) in [7, 11) is -1.38. The minimum Gasteiger partial charge on any atom is -0.324 e. The van der Waals surface area contributed by atoms with Crippen LogP contribution in [0, 0.1) is 6.92 Å². The molecule has 0 bridgehead atoms. The van der Waals surface area contributed by atoms with E-state index >= 15 is 0 Å². The minimum atomic E-state index is -3.00. The van der Waals surface area contributed by atoms with Crippen LogP contribution in [-0.4, -0.2) is 43.9 Å². The van der Waals surface area contributed by atoms with Gasteiger partial charge in [0, 0.05) is 23.8 Å². The number of nitrogens with one attached hydrogen (secondary N) is 1. The van der Waals surface area contributed by atoms with Gasteiger partial charge in [0.15, 0.2) is 9.84 Å². The zero-order valence-corrected chi connectivity index (χ0v) is 13.0. The number of sulfone groups is 1. The lowest BCUT2D eigenvalue weighted by atomic mass is 10.2. The quantitative estimate of drug-likeness (QED) is 0.910. The highest BCUT2D eigenvalue weighted by Crippen LogP contribution is 2.21. The van der Waals surface area contributed by atoms with Gasteiger partial charge in [-0.3, -0.25) is 0 Å². The van der Waals surface area contributed by atoms with Gasteiger partial charge >= 0.3 is 6.03 Å². The zero-order chi connectivity index (χ0) is 14.9. The lowest BCUT2D eigenvalue weighted by Crippen LogP contribution is -2.40. The van der Waals surface area contributed by atoms with Gasteiger partial charge in [0.05, 0.1) is 11.5 Å². The molecule has 1 atom stereocenters. The van der Waals surface area contributed by atoms with E-state index in [4.69, 9.17) is 11.6 Å². The van der Waals surface area contributed by atoms with Crippen LogP contribution in [0.3, 0.4) is 0 Å². The standard InChI is InChI=1S/C13H17ClN2O3S/c1-9-7-10(14)3-4-12(9)15-13(17)16(2)11-5-6-20(18,19)8-11/h3-4,7,11H,5-6,8H2,1-2H3,(H,15,17). The number of hydrogen-bond acceptors (Lipinski definition) is 3. The molecule has 1 aliphatic heterocycles. The first-order valence-electron chi connectivity index (χ1n) is 6.29. The molecule has 1 aromatic carbocycles. The Morgan fingerprint density at radius 2 is 2.15 bits per heavy atom. The second kappa shape index (κ2) is 5.61. The van der Waals surface area contributed by atoms with Crippen LogP contribution < -0.4 is 5.32 Å². The number of halogens is 1. The molecule has 110 valence electrons.